The standard InChI is InChI=1S/C13H14N2O4/c1-8-3-4-9(2)10(5-8)18-7-11-14-12(19-15-11)6-13(16)17/h3-5H,6-7H2,1-2H3,(H,16,17). The summed E-state index contributed by atoms with van der Waals surface area (Å²) in [6, 6.07) is 5.89. The molecular weight excluding hydrogens is 248 g/mol. The number of nitrogens with zero attached hydrogens (tertiary/aromatic N) is 2. The van der Waals surface area contributed by atoms with Gasteiger partial charge in [0.05, 0.1) is 0 Å². The predicted octanol–water partition coefficient (Wildman–Crippen LogP) is 1.89. The van der Waals surface area contributed by atoms with Crippen LogP contribution in [0.5, 0.6) is 5.75 Å². The Morgan fingerprint density at radius 3 is 2.95 bits per heavy atom. The first-order valence-electron chi connectivity index (χ1n) is 5.78. The summed E-state index contributed by atoms with van der Waals surface area (Å²) in [4.78, 5) is 14.4. The molecule has 0 atom stereocenters. The van der Waals surface area contributed by atoms with Crippen LogP contribution in [0.4, 0.5) is 0 Å². The van der Waals surface area contributed by atoms with Gasteiger partial charge in [0.25, 0.3) is 0 Å². The second kappa shape index (κ2) is 5.51. The van der Waals surface area contributed by atoms with E-state index in [9.17, 15) is 4.79 Å². The van der Waals surface area contributed by atoms with Crippen LogP contribution in [-0.4, -0.2) is 21.2 Å². The van der Waals surface area contributed by atoms with E-state index in [1.165, 1.54) is 0 Å². The zero-order valence-corrected chi connectivity index (χ0v) is 10.7. The van der Waals surface area contributed by atoms with Gasteiger partial charge in [0, 0.05) is 0 Å². The smallest absolute Gasteiger partial charge is 0.312 e. The predicted molar refractivity (Wildman–Crippen MR) is 65.9 cm³/mol. The number of hydrogen-bond acceptors (Lipinski definition) is 5. The van der Waals surface area contributed by atoms with E-state index < -0.39 is 5.97 Å². The highest BCUT2D eigenvalue weighted by atomic mass is 16.5. The third kappa shape index (κ3) is 3.54. The largest absolute Gasteiger partial charge is 0.485 e. The molecule has 19 heavy (non-hydrogen) atoms. The number of aromatic nitrogens is 2. The Balaban J connectivity index is 2.00. The molecule has 1 N–H and O–H groups in total. The molecule has 0 unspecified atom stereocenters. The van der Waals surface area contributed by atoms with Crippen molar-refractivity contribution >= 4 is 5.97 Å². The summed E-state index contributed by atoms with van der Waals surface area (Å²) in [6.45, 7) is 4.07. The summed E-state index contributed by atoms with van der Waals surface area (Å²) in [7, 11) is 0. The van der Waals surface area contributed by atoms with Gasteiger partial charge in [0.1, 0.15) is 12.2 Å². The fraction of sp³-hybridized carbons (Fsp3) is 0.308. The first-order chi connectivity index (χ1) is 9.04. The number of benzene rings is 1. The average Bonchev–Trinajstić information content (AvgIpc) is 2.77. The highest BCUT2D eigenvalue weighted by Gasteiger charge is 2.11. The van der Waals surface area contributed by atoms with Crippen LogP contribution in [0.3, 0.4) is 0 Å². The SMILES string of the molecule is Cc1ccc(C)c(OCc2noc(CC(=O)O)n2)c1. The minimum absolute atomic E-state index is 0.0760. The third-order valence-corrected chi connectivity index (χ3v) is 2.51. The molecule has 6 nitrogen and oxygen atoms in total. The van der Waals surface area contributed by atoms with Crippen molar-refractivity contribution < 1.29 is 19.2 Å². The van der Waals surface area contributed by atoms with Gasteiger partial charge in [-0.05, 0) is 31.0 Å². The quantitative estimate of drug-likeness (QED) is 0.885. The van der Waals surface area contributed by atoms with Crippen LogP contribution in [0.2, 0.25) is 0 Å². The molecular formula is C13H14N2O4. The van der Waals surface area contributed by atoms with E-state index in [2.05, 4.69) is 10.1 Å². The van der Waals surface area contributed by atoms with Gasteiger partial charge in [-0.3, -0.25) is 4.79 Å². The minimum Gasteiger partial charge on any atom is -0.485 e. The number of carbonyl (C=O) groups is 1. The number of hydrogen-bond donors (Lipinski definition) is 1. The van der Waals surface area contributed by atoms with Crippen molar-refractivity contribution in [2.24, 2.45) is 0 Å². The van der Waals surface area contributed by atoms with E-state index >= 15 is 0 Å². The molecule has 2 aromatic rings. The monoisotopic (exact) mass is 262 g/mol. The van der Waals surface area contributed by atoms with Gasteiger partial charge >= 0.3 is 5.97 Å². The van der Waals surface area contributed by atoms with Crippen molar-refractivity contribution in [3.63, 3.8) is 0 Å². The van der Waals surface area contributed by atoms with Crippen LogP contribution in [0, 0.1) is 13.8 Å². The van der Waals surface area contributed by atoms with Crippen LogP contribution in [-0.2, 0) is 17.8 Å². The van der Waals surface area contributed by atoms with Gasteiger partial charge < -0.3 is 14.4 Å². The average molecular weight is 262 g/mol. The van der Waals surface area contributed by atoms with Gasteiger partial charge in [0.15, 0.2) is 6.61 Å². The molecule has 1 aromatic carbocycles. The van der Waals surface area contributed by atoms with Gasteiger partial charge in [-0.25, -0.2) is 0 Å². The van der Waals surface area contributed by atoms with Crippen molar-refractivity contribution in [3.05, 3.63) is 41.0 Å². The Kier molecular flexibility index (Phi) is 3.79. The van der Waals surface area contributed by atoms with E-state index in [1.807, 2.05) is 32.0 Å². The molecule has 0 aliphatic rings. The van der Waals surface area contributed by atoms with E-state index in [0.717, 1.165) is 16.9 Å². The summed E-state index contributed by atoms with van der Waals surface area (Å²) in [6.07, 6.45) is -0.281. The van der Waals surface area contributed by atoms with Crippen molar-refractivity contribution in [2.75, 3.05) is 0 Å². The van der Waals surface area contributed by atoms with E-state index in [1.54, 1.807) is 0 Å². The minimum atomic E-state index is -1.01. The summed E-state index contributed by atoms with van der Waals surface area (Å²) >= 11 is 0. The van der Waals surface area contributed by atoms with E-state index in [4.69, 9.17) is 14.4 Å². The fourth-order valence-electron chi connectivity index (χ4n) is 1.56. The molecule has 0 fully saturated rings. The highest BCUT2D eigenvalue weighted by Crippen LogP contribution is 2.19. The molecule has 0 amide bonds. The number of ether oxygens (including phenoxy) is 1. The second-order valence-electron chi connectivity index (χ2n) is 4.23. The first kappa shape index (κ1) is 13.1. The first-order valence-corrected chi connectivity index (χ1v) is 5.78. The molecule has 0 bridgehead atoms. The molecule has 100 valence electrons. The molecule has 1 heterocycles. The van der Waals surface area contributed by atoms with Crippen molar-refractivity contribution in [3.8, 4) is 5.75 Å². The highest BCUT2D eigenvalue weighted by molar-refractivity contribution is 5.68. The molecule has 0 spiro atoms. The maximum absolute atomic E-state index is 10.5. The van der Waals surface area contributed by atoms with Crippen LogP contribution < -0.4 is 4.74 Å². The topological polar surface area (TPSA) is 85.5 Å². The fourth-order valence-corrected chi connectivity index (χ4v) is 1.56. The number of carboxylic acids is 1. The summed E-state index contributed by atoms with van der Waals surface area (Å²) in [5.74, 6) is 0.152. The van der Waals surface area contributed by atoms with Crippen molar-refractivity contribution in [1.82, 2.24) is 10.1 Å². The molecule has 0 saturated heterocycles. The van der Waals surface area contributed by atoms with Crippen molar-refractivity contribution in [2.45, 2.75) is 26.9 Å². The molecule has 0 aliphatic heterocycles. The Hall–Kier alpha value is -2.37. The van der Waals surface area contributed by atoms with Crippen LogP contribution in [0.1, 0.15) is 22.8 Å². The van der Waals surface area contributed by atoms with E-state index in [-0.39, 0.29) is 18.9 Å². The van der Waals surface area contributed by atoms with Gasteiger partial charge in [-0.2, -0.15) is 4.98 Å². The molecule has 2 rings (SSSR count). The maximum atomic E-state index is 10.5. The maximum Gasteiger partial charge on any atom is 0.312 e. The van der Waals surface area contributed by atoms with Crippen LogP contribution >= 0.6 is 0 Å². The molecule has 0 radical (unpaired) electrons. The van der Waals surface area contributed by atoms with Crippen LogP contribution in [0.15, 0.2) is 22.7 Å². The Labute approximate surface area is 110 Å². The lowest BCUT2D eigenvalue weighted by molar-refractivity contribution is -0.136. The lowest BCUT2D eigenvalue weighted by Gasteiger charge is -2.07. The Morgan fingerprint density at radius 1 is 1.42 bits per heavy atom. The van der Waals surface area contributed by atoms with Gasteiger partial charge in [-0.15, -0.1) is 0 Å². The number of aliphatic carboxylic acids is 1. The number of rotatable bonds is 5. The normalized spacial score (nSPS) is 10.4. The number of aryl methyl sites for hydroxylation is 2. The molecule has 0 saturated carbocycles. The zero-order chi connectivity index (χ0) is 13.8. The van der Waals surface area contributed by atoms with Crippen LogP contribution in [0.25, 0.3) is 0 Å². The molecule has 6 heteroatoms. The van der Waals surface area contributed by atoms with Crippen molar-refractivity contribution in [1.29, 1.82) is 0 Å². The second-order valence-corrected chi connectivity index (χ2v) is 4.23. The lowest BCUT2D eigenvalue weighted by atomic mass is 10.1. The summed E-state index contributed by atoms with van der Waals surface area (Å²) in [5, 5.41) is 12.3. The van der Waals surface area contributed by atoms with Gasteiger partial charge in [0.2, 0.25) is 11.7 Å². The molecule has 0 aliphatic carbocycles. The summed E-state index contributed by atoms with van der Waals surface area (Å²) in [5.41, 5.74) is 2.11. The Bertz CT molecular complexity index is 592. The number of carboxylic acid groups (broad SMARTS) is 1. The van der Waals surface area contributed by atoms with E-state index in [0.29, 0.717) is 5.82 Å². The third-order valence-electron chi connectivity index (χ3n) is 2.51. The molecule has 1 aromatic heterocycles. The summed E-state index contributed by atoms with van der Waals surface area (Å²) < 4.78 is 10.4. The van der Waals surface area contributed by atoms with Gasteiger partial charge in [-0.1, -0.05) is 17.3 Å². The Morgan fingerprint density at radius 2 is 2.21 bits per heavy atom. The lowest BCUT2D eigenvalue weighted by Crippen LogP contribution is -2.02. The zero-order valence-electron chi connectivity index (χ0n) is 10.7.